The van der Waals surface area contributed by atoms with E-state index in [1.165, 1.54) is 19.8 Å². The fourth-order valence-electron chi connectivity index (χ4n) is 2.63. The first-order chi connectivity index (χ1) is 9.91. The highest BCUT2D eigenvalue weighted by atomic mass is 32.2. The minimum absolute atomic E-state index is 0.139. The number of methoxy groups -OCH3 is 1. The normalized spacial score (nSPS) is 20.2. The Morgan fingerprint density at radius 2 is 2.14 bits per heavy atom. The third kappa shape index (κ3) is 4.08. The summed E-state index contributed by atoms with van der Waals surface area (Å²) < 4.78 is 28.6. The molecule has 0 saturated heterocycles. The summed E-state index contributed by atoms with van der Waals surface area (Å²) in [5.74, 6) is 0.405. The lowest BCUT2D eigenvalue weighted by Gasteiger charge is -2.23. The van der Waals surface area contributed by atoms with Gasteiger partial charge in [0.15, 0.2) is 9.84 Å². The largest absolute Gasteiger partial charge is 0.495 e. The van der Waals surface area contributed by atoms with Crippen LogP contribution in [0.25, 0.3) is 0 Å². The van der Waals surface area contributed by atoms with Crippen molar-refractivity contribution < 1.29 is 13.2 Å². The summed E-state index contributed by atoms with van der Waals surface area (Å²) in [5, 5.41) is 3.55. The fourth-order valence-corrected chi connectivity index (χ4v) is 3.45. The van der Waals surface area contributed by atoms with Crippen LogP contribution < -0.4 is 10.1 Å². The molecule has 0 aromatic heterocycles. The van der Waals surface area contributed by atoms with Crippen LogP contribution in [0.1, 0.15) is 37.8 Å². The Labute approximate surface area is 127 Å². The summed E-state index contributed by atoms with van der Waals surface area (Å²) in [6.45, 7) is 2.08. The molecule has 0 heterocycles. The molecule has 0 amide bonds. The van der Waals surface area contributed by atoms with E-state index in [-0.39, 0.29) is 10.9 Å². The SMILES string of the molecule is COc1cc([C@H](C)N[C@@H]2C=CCCC2)ccc1S(C)(=O)=O. The molecule has 0 unspecified atom stereocenters. The van der Waals surface area contributed by atoms with Gasteiger partial charge in [0.05, 0.1) is 7.11 Å². The fraction of sp³-hybridized carbons (Fsp3) is 0.500. The summed E-state index contributed by atoms with van der Waals surface area (Å²) in [6, 6.07) is 5.80. The van der Waals surface area contributed by atoms with Crippen LogP contribution in [0, 0.1) is 0 Å². The zero-order valence-electron chi connectivity index (χ0n) is 12.8. The van der Waals surface area contributed by atoms with E-state index in [0.29, 0.717) is 11.8 Å². The van der Waals surface area contributed by atoms with Crippen LogP contribution >= 0.6 is 0 Å². The number of rotatable bonds is 5. The van der Waals surface area contributed by atoms with Crippen molar-refractivity contribution in [1.29, 1.82) is 0 Å². The third-order valence-electron chi connectivity index (χ3n) is 3.81. The van der Waals surface area contributed by atoms with E-state index in [4.69, 9.17) is 4.74 Å². The second-order valence-electron chi connectivity index (χ2n) is 5.54. The molecule has 2 atom stereocenters. The average molecular weight is 309 g/mol. The summed E-state index contributed by atoms with van der Waals surface area (Å²) in [6.07, 6.45) is 9.11. The Morgan fingerprint density at radius 3 is 2.71 bits per heavy atom. The maximum Gasteiger partial charge on any atom is 0.179 e. The van der Waals surface area contributed by atoms with Gasteiger partial charge in [-0.15, -0.1) is 0 Å². The van der Waals surface area contributed by atoms with Crippen LogP contribution in [0.15, 0.2) is 35.2 Å². The van der Waals surface area contributed by atoms with Crippen molar-refractivity contribution in [3.63, 3.8) is 0 Å². The number of benzene rings is 1. The molecule has 21 heavy (non-hydrogen) atoms. The standard InChI is InChI=1S/C16H23NO3S/c1-12(17-14-7-5-4-6-8-14)13-9-10-16(21(3,18)19)15(11-13)20-2/h5,7,9-12,14,17H,4,6,8H2,1-3H3/t12-,14+/m0/s1. The molecule has 4 nitrogen and oxygen atoms in total. The zero-order valence-corrected chi connectivity index (χ0v) is 13.6. The van der Waals surface area contributed by atoms with Crippen molar-refractivity contribution >= 4 is 9.84 Å². The Kier molecular flexibility index (Phi) is 5.06. The molecule has 0 spiro atoms. The predicted molar refractivity (Wildman–Crippen MR) is 84.4 cm³/mol. The molecule has 1 aromatic carbocycles. The van der Waals surface area contributed by atoms with Gasteiger partial charge in [-0.25, -0.2) is 8.42 Å². The van der Waals surface area contributed by atoms with Gasteiger partial charge in [-0.1, -0.05) is 18.2 Å². The summed E-state index contributed by atoms with van der Waals surface area (Å²) in [5.41, 5.74) is 1.03. The molecule has 0 aliphatic heterocycles. The number of ether oxygens (including phenoxy) is 1. The third-order valence-corrected chi connectivity index (χ3v) is 4.94. The van der Waals surface area contributed by atoms with Crippen LogP contribution in [0.2, 0.25) is 0 Å². The van der Waals surface area contributed by atoms with Gasteiger partial charge in [0, 0.05) is 18.3 Å². The maximum absolute atomic E-state index is 11.7. The second-order valence-corrected chi connectivity index (χ2v) is 7.52. The van der Waals surface area contributed by atoms with Crippen molar-refractivity contribution in [2.45, 2.75) is 43.2 Å². The Bertz CT molecular complexity index is 622. The highest BCUT2D eigenvalue weighted by molar-refractivity contribution is 7.90. The van der Waals surface area contributed by atoms with Crippen molar-refractivity contribution in [1.82, 2.24) is 5.32 Å². The molecule has 1 aliphatic rings. The first kappa shape index (κ1) is 16.0. The zero-order chi connectivity index (χ0) is 15.5. The lowest BCUT2D eigenvalue weighted by molar-refractivity contribution is 0.400. The lowest BCUT2D eigenvalue weighted by Crippen LogP contribution is -2.31. The minimum atomic E-state index is -3.27. The number of nitrogens with one attached hydrogen (secondary N) is 1. The van der Waals surface area contributed by atoms with Crippen molar-refractivity contribution in [2.75, 3.05) is 13.4 Å². The van der Waals surface area contributed by atoms with E-state index < -0.39 is 9.84 Å². The molecular formula is C16H23NO3S. The van der Waals surface area contributed by atoms with Gasteiger partial charge >= 0.3 is 0 Å². The van der Waals surface area contributed by atoms with E-state index in [1.807, 2.05) is 6.07 Å². The van der Waals surface area contributed by atoms with Gasteiger partial charge in [0.1, 0.15) is 10.6 Å². The van der Waals surface area contributed by atoms with Crippen LogP contribution in [0.5, 0.6) is 5.75 Å². The Balaban J connectivity index is 2.20. The molecule has 116 valence electrons. The first-order valence-electron chi connectivity index (χ1n) is 7.22. The number of hydrogen-bond donors (Lipinski definition) is 1. The average Bonchev–Trinajstić information content (AvgIpc) is 2.46. The molecule has 0 radical (unpaired) electrons. The second kappa shape index (κ2) is 6.62. The molecule has 0 bridgehead atoms. The maximum atomic E-state index is 11.7. The minimum Gasteiger partial charge on any atom is -0.495 e. The number of sulfone groups is 1. The van der Waals surface area contributed by atoms with Crippen molar-refractivity contribution in [3.05, 3.63) is 35.9 Å². The lowest BCUT2D eigenvalue weighted by atomic mass is 10.0. The van der Waals surface area contributed by atoms with E-state index in [9.17, 15) is 8.42 Å². The van der Waals surface area contributed by atoms with Gasteiger partial charge in [0.2, 0.25) is 0 Å². The summed E-state index contributed by atoms with van der Waals surface area (Å²) in [4.78, 5) is 0.235. The Morgan fingerprint density at radius 1 is 1.38 bits per heavy atom. The monoisotopic (exact) mass is 309 g/mol. The number of allylic oxidation sites excluding steroid dienone is 1. The molecule has 1 aromatic rings. The summed E-state index contributed by atoms with van der Waals surface area (Å²) in [7, 11) is -1.78. The van der Waals surface area contributed by atoms with E-state index in [1.54, 1.807) is 12.1 Å². The van der Waals surface area contributed by atoms with Gasteiger partial charge < -0.3 is 10.1 Å². The molecule has 1 N–H and O–H groups in total. The van der Waals surface area contributed by atoms with Gasteiger partial charge in [-0.2, -0.15) is 0 Å². The molecule has 0 fully saturated rings. The summed E-state index contributed by atoms with van der Waals surface area (Å²) >= 11 is 0. The molecule has 1 aliphatic carbocycles. The van der Waals surface area contributed by atoms with Gasteiger partial charge in [-0.3, -0.25) is 0 Å². The number of hydrogen-bond acceptors (Lipinski definition) is 4. The van der Waals surface area contributed by atoms with Crippen LogP contribution in [0.4, 0.5) is 0 Å². The predicted octanol–water partition coefficient (Wildman–Crippen LogP) is 2.86. The molecule has 5 heteroatoms. The Hall–Kier alpha value is -1.33. The molecule has 2 rings (SSSR count). The smallest absolute Gasteiger partial charge is 0.179 e. The van der Waals surface area contributed by atoms with Crippen LogP contribution in [0.3, 0.4) is 0 Å². The van der Waals surface area contributed by atoms with Gasteiger partial charge in [0.25, 0.3) is 0 Å². The molecular weight excluding hydrogens is 286 g/mol. The van der Waals surface area contributed by atoms with Crippen molar-refractivity contribution in [2.24, 2.45) is 0 Å². The van der Waals surface area contributed by atoms with Crippen LogP contribution in [-0.4, -0.2) is 27.8 Å². The topological polar surface area (TPSA) is 55.4 Å². The highest BCUT2D eigenvalue weighted by Gasteiger charge is 2.18. The van der Waals surface area contributed by atoms with Crippen LogP contribution in [-0.2, 0) is 9.84 Å². The quantitative estimate of drug-likeness (QED) is 0.850. The first-order valence-corrected chi connectivity index (χ1v) is 9.11. The highest BCUT2D eigenvalue weighted by Crippen LogP contribution is 2.28. The van der Waals surface area contributed by atoms with Crippen molar-refractivity contribution in [3.8, 4) is 5.75 Å². The van der Waals surface area contributed by atoms with E-state index in [0.717, 1.165) is 18.4 Å². The molecule has 0 saturated carbocycles. The van der Waals surface area contributed by atoms with E-state index in [2.05, 4.69) is 24.4 Å². The van der Waals surface area contributed by atoms with Gasteiger partial charge in [-0.05, 0) is 43.9 Å². The van der Waals surface area contributed by atoms with E-state index >= 15 is 0 Å².